The van der Waals surface area contributed by atoms with Crippen molar-refractivity contribution in [2.75, 3.05) is 18.9 Å². The van der Waals surface area contributed by atoms with Crippen molar-refractivity contribution in [3.8, 4) is 22.9 Å². The number of rotatable bonds is 8. The summed E-state index contributed by atoms with van der Waals surface area (Å²) in [7, 11) is -0.426. The lowest BCUT2D eigenvalue weighted by molar-refractivity contribution is 0.354. The molecule has 4 aromatic rings. The number of aromatic nitrogens is 2. The number of benzene rings is 2. The van der Waals surface area contributed by atoms with E-state index >= 15 is 0 Å². The standard InChI is InChI=1S/C21H19N3O5S2/c1-27-17-10-5-14(12-18(17)28-2)13-19-22-21(23-29-19)15-6-8-16(9-7-15)24-31(25,26)20-4-3-11-30-20/h3-12,24H,13H2,1-2H3. The average molecular weight is 458 g/mol. The van der Waals surface area contributed by atoms with Gasteiger partial charge in [0.05, 0.1) is 20.6 Å². The number of hydrogen-bond donors (Lipinski definition) is 1. The average Bonchev–Trinajstić information content (AvgIpc) is 3.47. The van der Waals surface area contributed by atoms with Crippen LogP contribution in [-0.4, -0.2) is 32.8 Å². The van der Waals surface area contributed by atoms with Crippen LogP contribution in [-0.2, 0) is 16.4 Å². The van der Waals surface area contributed by atoms with Crippen LogP contribution in [0.5, 0.6) is 11.5 Å². The Bertz CT molecular complexity index is 1270. The van der Waals surface area contributed by atoms with E-state index in [1.54, 1.807) is 56.0 Å². The van der Waals surface area contributed by atoms with Crippen LogP contribution >= 0.6 is 11.3 Å². The van der Waals surface area contributed by atoms with Crippen LogP contribution in [0, 0.1) is 0 Å². The second-order valence-corrected chi connectivity index (χ2v) is 9.35. The highest BCUT2D eigenvalue weighted by molar-refractivity contribution is 7.94. The highest BCUT2D eigenvalue weighted by Gasteiger charge is 2.16. The van der Waals surface area contributed by atoms with Crippen LogP contribution in [0.1, 0.15) is 11.5 Å². The second kappa shape index (κ2) is 8.78. The smallest absolute Gasteiger partial charge is 0.271 e. The van der Waals surface area contributed by atoms with Crippen molar-refractivity contribution < 1.29 is 22.4 Å². The van der Waals surface area contributed by atoms with E-state index < -0.39 is 10.0 Å². The lowest BCUT2D eigenvalue weighted by Crippen LogP contribution is -2.11. The summed E-state index contributed by atoms with van der Waals surface area (Å²) in [5.74, 6) is 2.14. The molecule has 0 aliphatic rings. The molecule has 0 atom stereocenters. The topological polar surface area (TPSA) is 104 Å². The summed E-state index contributed by atoms with van der Waals surface area (Å²) >= 11 is 1.16. The molecule has 2 aromatic carbocycles. The first-order valence-electron chi connectivity index (χ1n) is 9.19. The third-order valence-corrected chi connectivity index (χ3v) is 7.21. The summed E-state index contributed by atoms with van der Waals surface area (Å²) in [5, 5.41) is 5.74. The summed E-state index contributed by atoms with van der Waals surface area (Å²) in [4.78, 5) is 4.43. The number of hydrogen-bond acceptors (Lipinski definition) is 8. The predicted octanol–water partition coefficient (Wildman–Crippen LogP) is 4.21. The Morgan fingerprint density at radius 3 is 2.48 bits per heavy atom. The summed E-state index contributed by atoms with van der Waals surface area (Å²) in [5.41, 5.74) is 2.10. The lowest BCUT2D eigenvalue weighted by Gasteiger charge is -2.08. The van der Waals surface area contributed by atoms with E-state index in [4.69, 9.17) is 14.0 Å². The zero-order valence-electron chi connectivity index (χ0n) is 16.7. The van der Waals surface area contributed by atoms with Gasteiger partial charge < -0.3 is 14.0 Å². The Labute approximate surface area is 183 Å². The minimum atomic E-state index is -3.59. The summed E-state index contributed by atoms with van der Waals surface area (Å²) < 4.78 is 43.4. The number of nitrogens with one attached hydrogen (secondary N) is 1. The van der Waals surface area contributed by atoms with E-state index in [-0.39, 0.29) is 4.21 Å². The largest absolute Gasteiger partial charge is 0.493 e. The maximum absolute atomic E-state index is 12.3. The van der Waals surface area contributed by atoms with Crippen LogP contribution < -0.4 is 14.2 Å². The zero-order valence-corrected chi connectivity index (χ0v) is 18.4. The third kappa shape index (κ3) is 4.70. The molecule has 160 valence electrons. The molecule has 1 N–H and O–H groups in total. The number of sulfonamides is 1. The van der Waals surface area contributed by atoms with Gasteiger partial charge in [-0.3, -0.25) is 4.72 Å². The SMILES string of the molecule is COc1ccc(Cc2nc(-c3ccc(NS(=O)(=O)c4cccs4)cc3)no2)cc1OC. The Morgan fingerprint density at radius 1 is 1.03 bits per heavy atom. The molecule has 2 heterocycles. The predicted molar refractivity (Wildman–Crippen MR) is 117 cm³/mol. The van der Waals surface area contributed by atoms with Gasteiger partial charge in [0.25, 0.3) is 10.0 Å². The summed E-state index contributed by atoms with van der Waals surface area (Å²) in [6, 6.07) is 15.6. The van der Waals surface area contributed by atoms with Gasteiger partial charge in [0, 0.05) is 11.3 Å². The van der Waals surface area contributed by atoms with Gasteiger partial charge in [-0.25, -0.2) is 8.42 Å². The van der Waals surface area contributed by atoms with Crippen molar-refractivity contribution in [3.63, 3.8) is 0 Å². The van der Waals surface area contributed by atoms with Gasteiger partial charge >= 0.3 is 0 Å². The molecule has 4 rings (SSSR count). The maximum atomic E-state index is 12.3. The first-order valence-corrected chi connectivity index (χ1v) is 11.5. The molecule has 0 bridgehead atoms. The molecular weight excluding hydrogens is 438 g/mol. The zero-order chi connectivity index (χ0) is 21.8. The van der Waals surface area contributed by atoms with Crippen molar-refractivity contribution in [2.24, 2.45) is 0 Å². The molecule has 0 aliphatic carbocycles. The number of nitrogens with zero attached hydrogens (tertiary/aromatic N) is 2. The quantitative estimate of drug-likeness (QED) is 0.423. The van der Waals surface area contributed by atoms with E-state index in [1.165, 1.54) is 0 Å². The molecule has 31 heavy (non-hydrogen) atoms. The minimum absolute atomic E-state index is 0.259. The molecule has 0 saturated heterocycles. The van der Waals surface area contributed by atoms with Crippen LogP contribution in [0.4, 0.5) is 5.69 Å². The highest BCUT2D eigenvalue weighted by Crippen LogP contribution is 2.29. The van der Waals surface area contributed by atoms with Crippen molar-refractivity contribution in [2.45, 2.75) is 10.6 Å². The third-order valence-electron chi connectivity index (χ3n) is 4.43. The number of thiophene rings is 1. The second-order valence-electron chi connectivity index (χ2n) is 6.49. The summed E-state index contributed by atoms with van der Waals surface area (Å²) in [6.45, 7) is 0. The van der Waals surface area contributed by atoms with E-state index in [0.717, 1.165) is 16.9 Å². The first-order chi connectivity index (χ1) is 15.0. The minimum Gasteiger partial charge on any atom is -0.493 e. The van der Waals surface area contributed by atoms with Crippen molar-refractivity contribution in [3.05, 3.63) is 71.4 Å². The fourth-order valence-electron chi connectivity index (χ4n) is 2.92. The van der Waals surface area contributed by atoms with Crippen LogP contribution in [0.2, 0.25) is 0 Å². The van der Waals surface area contributed by atoms with Gasteiger partial charge in [0.1, 0.15) is 4.21 Å². The maximum Gasteiger partial charge on any atom is 0.271 e. The Balaban J connectivity index is 1.47. The molecule has 10 heteroatoms. The van der Waals surface area contributed by atoms with Crippen LogP contribution in [0.15, 0.2) is 68.7 Å². The fraction of sp³-hybridized carbons (Fsp3) is 0.143. The molecule has 8 nitrogen and oxygen atoms in total. The molecular formula is C21H19N3O5S2. The van der Waals surface area contributed by atoms with E-state index in [1.807, 2.05) is 18.2 Å². The van der Waals surface area contributed by atoms with Crippen LogP contribution in [0.25, 0.3) is 11.4 Å². The molecule has 0 aliphatic heterocycles. The van der Waals surface area contributed by atoms with Gasteiger partial charge in [-0.15, -0.1) is 11.3 Å². The van der Waals surface area contributed by atoms with Gasteiger partial charge in [-0.1, -0.05) is 17.3 Å². The molecule has 0 amide bonds. The van der Waals surface area contributed by atoms with Gasteiger partial charge in [0.2, 0.25) is 11.7 Å². The molecule has 0 saturated carbocycles. The number of ether oxygens (including phenoxy) is 2. The van der Waals surface area contributed by atoms with Crippen molar-refractivity contribution >= 4 is 27.0 Å². The van der Waals surface area contributed by atoms with Gasteiger partial charge in [-0.05, 0) is 53.4 Å². The van der Waals surface area contributed by atoms with Crippen molar-refractivity contribution in [1.29, 1.82) is 0 Å². The molecule has 0 fully saturated rings. The van der Waals surface area contributed by atoms with Gasteiger partial charge in [0.15, 0.2) is 11.5 Å². The Kier molecular flexibility index (Phi) is 5.92. The monoisotopic (exact) mass is 457 g/mol. The molecule has 2 aromatic heterocycles. The first kappa shape index (κ1) is 20.9. The number of anilines is 1. The fourth-order valence-corrected chi connectivity index (χ4v) is 4.97. The summed E-state index contributed by atoms with van der Waals surface area (Å²) in [6.07, 6.45) is 0.437. The normalized spacial score (nSPS) is 11.3. The molecule has 0 radical (unpaired) electrons. The Hall–Kier alpha value is -3.37. The lowest BCUT2D eigenvalue weighted by atomic mass is 10.1. The molecule has 0 spiro atoms. The van der Waals surface area contributed by atoms with Gasteiger partial charge in [-0.2, -0.15) is 4.98 Å². The van der Waals surface area contributed by atoms with E-state index in [9.17, 15) is 8.42 Å². The van der Waals surface area contributed by atoms with E-state index in [2.05, 4.69) is 14.9 Å². The van der Waals surface area contributed by atoms with Crippen molar-refractivity contribution in [1.82, 2.24) is 10.1 Å². The Morgan fingerprint density at radius 2 is 1.81 bits per heavy atom. The number of methoxy groups -OCH3 is 2. The molecule has 0 unspecified atom stereocenters. The van der Waals surface area contributed by atoms with Crippen LogP contribution in [0.3, 0.4) is 0 Å². The van der Waals surface area contributed by atoms with E-state index in [0.29, 0.717) is 40.9 Å². The highest BCUT2D eigenvalue weighted by atomic mass is 32.2.